The second kappa shape index (κ2) is 4.86. The molecule has 1 aromatic rings. The number of aliphatic carboxylic acids is 1. The van der Waals surface area contributed by atoms with Crippen molar-refractivity contribution < 1.29 is 9.90 Å². The van der Waals surface area contributed by atoms with Crippen molar-refractivity contribution in [3.63, 3.8) is 0 Å². The van der Waals surface area contributed by atoms with E-state index in [1.54, 1.807) is 0 Å². The number of carbonyl (C=O) groups is 1. The zero-order chi connectivity index (χ0) is 9.68. The molecule has 0 aromatic carbocycles. The molecule has 1 heterocycles. The SMILES string of the molecule is CCC(CC(=O)O)Sc1ncn[nH]1. The fourth-order valence-corrected chi connectivity index (χ4v) is 1.79. The molecule has 72 valence electrons. The fraction of sp³-hybridized carbons (Fsp3) is 0.571. The highest BCUT2D eigenvalue weighted by Gasteiger charge is 2.13. The first-order valence-corrected chi connectivity index (χ1v) is 4.84. The van der Waals surface area contributed by atoms with Crippen LogP contribution in [0.2, 0.25) is 0 Å². The van der Waals surface area contributed by atoms with E-state index in [2.05, 4.69) is 15.2 Å². The van der Waals surface area contributed by atoms with Crippen LogP contribution in [-0.2, 0) is 4.79 Å². The Bertz CT molecular complexity index is 263. The molecule has 0 aliphatic heterocycles. The monoisotopic (exact) mass is 201 g/mol. The summed E-state index contributed by atoms with van der Waals surface area (Å²) in [6.07, 6.45) is 2.37. The molecule has 1 atom stereocenters. The largest absolute Gasteiger partial charge is 0.481 e. The maximum Gasteiger partial charge on any atom is 0.304 e. The van der Waals surface area contributed by atoms with E-state index in [1.165, 1.54) is 18.1 Å². The Hall–Kier alpha value is -1.04. The quantitative estimate of drug-likeness (QED) is 0.698. The van der Waals surface area contributed by atoms with Crippen molar-refractivity contribution in [1.29, 1.82) is 0 Å². The number of thioether (sulfide) groups is 1. The van der Waals surface area contributed by atoms with Crippen LogP contribution in [0, 0.1) is 0 Å². The van der Waals surface area contributed by atoms with Crippen molar-refractivity contribution >= 4 is 17.7 Å². The minimum atomic E-state index is -0.779. The van der Waals surface area contributed by atoms with Gasteiger partial charge in [-0.3, -0.25) is 9.89 Å². The highest BCUT2D eigenvalue weighted by Crippen LogP contribution is 2.23. The standard InChI is InChI=1S/C7H11N3O2S/c1-2-5(3-6(11)12)13-7-8-4-9-10-7/h4-5H,2-3H2,1H3,(H,11,12)(H,8,9,10). The number of aromatic nitrogens is 3. The smallest absolute Gasteiger partial charge is 0.304 e. The highest BCUT2D eigenvalue weighted by molar-refractivity contribution is 7.99. The van der Waals surface area contributed by atoms with E-state index in [0.717, 1.165) is 6.42 Å². The van der Waals surface area contributed by atoms with Gasteiger partial charge in [0.2, 0.25) is 0 Å². The minimum absolute atomic E-state index is 0.0606. The molecule has 1 unspecified atom stereocenters. The van der Waals surface area contributed by atoms with E-state index >= 15 is 0 Å². The number of hydrogen-bond donors (Lipinski definition) is 2. The highest BCUT2D eigenvalue weighted by atomic mass is 32.2. The van der Waals surface area contributed by atoms with Crippen LogP contribution in [0.1, 0.15) is 19.8 Å². The number of carboxylic acid groups (broad SMARTS) is 1. The lowest BCUT2D eigenvalue weighted by Gasteiger charge is -2.08. The van der Waals surface area contributed by atoms with Crippen LogP contribution in [0.4, 0.5) is 0 Å². The molecular weight excluding hydrogens is 190 g/mol. The van der Waals surface area contributed by atoms with Crippen molar-refractivity contribution in [3.8, 4) is 0 Å². The van der Waals surface area contributed by atoms with E-state index in [4.69, 9.17) is 5.11 Å². The second-order valence-corrected chi connectivity index (χ2v) is 3.83. The lowest BCUT2D eigenvalue weighted by Crippen LogP contribution is -2.08. The normalized spacial score (nSPS) is 12.7. The third-order valence-corrected chi connectivity index (χ3v) is 2.78. The Labute approximate surface area is 80.0 Å². The Morgan fingerprint density at radius 3 is 3.08 bits per heavy atom. The maximum absolute atomic E-state index is 10.4. The third kappa shape index (κ3) is 3.45. The van der Waals surface area contributed by atoms with Crippen LogP contribution in [0.5, 0.6) is 0 Å². The number of carboxylic acids is 1. The Balaban J connectivity index is 2.45. The van der Waals surface area contributed by atoms with Crippen molar-refractivity contribution in [2.75, 3.05) is 0 Å². The Kier molecular flexibility index (Phi) is 3.75. The van der Waals surface area contributed by atoms with Crippen LogP contribution in [-0.4, -0.2) is 31.5 Å². The maximum atomic E-state index is 10.4. The molecule has 1 aromatic heterocycles. The lowest BCUT2D eigenvalue weighted by atomic mass is 10.2. The first-order chi connectivity index (χ1) is 6.22. The number of rotatable bonds is 5. The van der Waals surface area contributed by atoms with Crippen LogP contribution >= 0.6 is 11.8 Å². The van der Waals surface area contributed by atoms with Gasteiger partial charge in [0.1, 0.15) is 6.33 Å². The van der Waals surface area contributed by atoms with Crippen molar-refractivity contribution in [2.45, 2.75) is 30.2 Å². The van der Waals surface area contributed by atoms with E-state index < -0.39 is 5.97 Å². The van der Waals surface area contributed by atoms with E-state index in [9.17, 15) is 4.79 Å². The predicted octanol–water partition coefficient (Wildman–Crippen LogP) is 1.15. The molecule has 0 radical (unpaired) electrons. The Morgan fingerprint density at radius 1 is 1.85 bits per heavy atom. The summed E-state index contributed by atoms with van der Waals surface area (Å²) in [6.45, 7) is 1.96. The summed E-state index contributed by atoms with van der Waals surface area (Å²) in [5, 5.41) is 15.7. The average molecular weight is 201 g/mol. The third-order valence-electron chi connectivity index (χ3n) is 1.53. The summed E-state index contributed by atoms with van der Waals surface area (Å²) in [5.74, 6) is -0.779. The number of aromatic amines is 1. The molecule has 5 nitrogen and oxygen atoms in total. The van der Waals surface area contributed by atoms with Crippen molar-refractivity contribution in [3.05, 3.63) is 6.33 Å². The number of nitrogens with one attached hydrogen (secondary N) is 1. The molecule has 0 saturated heterocycles. The minimum Gasteiger partial charge on any atom is -0.481 e. The topological polar surface area (TPSA) is 78.9 Å². The molecule has 0 aliphatic rings. The van der Waals surface area contributed by atoms with Crippen molar-refractivity contribution in [1.82, 2.24) is 15.2 Å². The van der Waals surface area contributed by atoms with Crippen LogP contribution in [0.15, 0.2) is 11.5 Å². The first-order valence-electron chi connectivity index (χ1n) is 3.96. The van der Waals surface area contributed by atoms with Gasteiger partial charge >= 0.3 is 5.97 Å². The fourth-order valence-electron chi connectivity index (χ4n) is 0.873. The van der Waals surface area contributed by atoms with Gasteiger partial charge in [0.05, 0.1) is 6.42 Å². The summed E-state index contributed by atoms with van der Waals surface area (Å²) >= 11 is 1.41. The Morgan fingerprint density at radius 2 is 2.62 bits per heavy atom. The zero-order valence-electron chi connectivity index (χ0n) is 7.23. The van der Waals surface area contributed by atoms with Gasteiger partial charge in [0.25, 0.3) is 0 Å². The number of hydrogen-bond acceptors (Lipinski definition) is 4. The van der Waals surface area contributed by atoms with Gasteiger partial charge in [-0.2, -0.15) is 5.10 Å². The van der Waals surface area contributed by atoms with E-state index in [0.29, 0.717) is 5.16 Å². The molecular formula is C7H11N3O2S. The molecule has 0 aliphatic carbocycles. The molecule has 0 amide bonds. The molecule has 13 heavy (non-hydrogen) atoms. The van der Waals surface area contributed by atoms with Crippen molar-refractivity contribution in [2.24, 2.45) is 0 Å². The number of nitrogens with zero attached hydrogens (tertiary/aromatic N) is 2. The van der Waals surface area contributed by atoms with E-state index in [1.807, 2.05) is 6.92 Å². The summed E-state index contributed by atoms with van der Waals surface area (Å²) < 4.78 is 0. The molecule has 2 N–H and O–H groups in total. The molecule has 0 saturated carbocycles. The summed E-state index contributed by atoms with van der Waals surface area (Å²) in [4.78, 5) is 14.4. The van der Waals surface area contributed by atoms with Gasteiger partial charge in [0, 0.05) is 5.25 Å². The van der Waals surface area contributed by atoms with Gasteiger partial charge < -0.3 is 5.11 Å². The van der Waals surface area contributed by atoms with E-state index in [-0.39, 0.29) is 11.7 Å². The zero-order valence-corrected chi connectivity index (χ0v) is 8.04. The summed E-state index contributed by atoms with van der Waals surface area (Å²) in [7, 11) is 0. The molecule has 1 rings (SSSR count). The van der Waals surface area contributed by atoms with Gasteiger partial charge in [-0.1, -0.05) is 18.7 Å². The van der Waals surface area contributed by atoms with Crippen LogP contribution in [0.25, 0.3) is 0 Å². The molecule has 0 bridgehead atoms. The summed E-state index contributed by atoms with van der Waals surface area (Å²) in [5.41, 5.74) is 0. The van der Waals surface area contributed by atoms with Gasteiger partial charge in [-0.15, -0.1) is 0 Å². The molecule has 0 fully saturated rings. The molecule has 0 spiro atoms. The van der Waals surface area contributed by atoms with Gasteiger partial charge in [-0.05, 0) is 6.42 Å². The first kappa shape index (κ1) is 10.0. The van der Waals surface area contributed by atoms with Crippen LogP contribution in [0.3, 0.4) is 0 Å². The predicted molar refractivity (Wildman–Crippen MR) is 48.6 cm³/mol. The molecule has 6 heteroatoms. The lowest BCUT2D eigenvalue weighted by molar-refractivity contribution is -0.136. The van der Waals surface area contributed by atoms with Crippen LogP contribution < -0.4 is 0 Å². The number of H-pyrrole nitrogens is 1. The second-order valence-electron chi connectivity index (χ2n) is 2.54. The van der Waals surface area contributed by atoms with Gasteiger partial charge in [0.15, 0.2) is 5.16 Å². The summed E-state index contributed by atoms with van der Waals surface area (Å²) in [6, 6.07) is 0. The van der Waals surface area contributed by atoms with Gasteiger partial charge in [-0.25, -0.2) is 4.98 Å². The average Bonchev–Trinajstić information content (AvgIpc) is 2.55.